The largest absolute Gasteiger partial charge is 0.493 e. The minimum absolute atomic E-state index is 0.00404. The van der Waals surface area contributed by atoms with Gasteiger partial charge in [0, 0.05) is 11.6 Å². The molecule has 0 saturated carbocycles. The molecule has 1 aromatic rings. The van der Waals surface area contributed by atoms with Crippen molar-refractivity contribution in [1.82, 2.24) is 0 Å². The van der Waals surface area contributed by atoms with Crippen LogP contribution in [0.25, 0.3) is 6.08 Å². The average Bonchev–Trinajstić information content (AvgIpc) is 2.33. The van der Waals surface area contributed by atoms with E-state index in [1.54, 1.807) is 0 Å². The standard InChI is InChI=1S/C12H11F3O4/c1-18-9-6-8(11(16)17)5-7(10(9)19-2)3-4-12(13,14)15/h3-6H,1-2H3,(H,16,17)/b4-3+. The van der Waals surface area contributed by atoms with Crippen LogP contribution in [-0.4, -0.2) is 31.5 Å². The predicted molar refractivity (Wildman–Crippen MR) is 61.6 cm³/mol. The highest BCUT2D eigenvalue weighted by atomic mass is 19.4. The number of hydrogen-bond donors (Lipinski definition) is 1. The summed E-state index contributed by atoms with van der Waals surface area (Å²) < 4.78 is 46.3. The van der Waals surface area contributed by atoms with E-state index in [9.17, 15) is 18.0 Å². The summed E-state index contributed by atoms with van der Waals surface area (Å²) in [4.78, 5) is 10.9. The number of carboxylic acids is 1. The van der Waals surface area contributed by atoms with Crippen LogP contribution in [0.2, 0.25) is 0 Å². The molecule has 0 radical (unpaired) electrons. The zero-order valence-electron chi connectivity index (χ0n) is 10.1. The van der Waals surface area contributed by atoms with Crippen molar-refractivity contribution in [2.45, 2.75) is 6.18 Å². The fourth-order valence-electron chi connectivity index (χ4n) is 1.43. The molecule has 0 unspecified atom stereocenters. The molecule has 0 atom stereocenters. The van der Waals surface area contributed by atoms with Gasteiger partial charge in [-0.2, -0.15) is 13.2 Å². The number of carboxylic acid groups (broad SMARTS) is 1. The third-order valence-electron chi connectivity index (χ3n) is 2.21. The molecule has 1 aromatic carbocycles. The van der Waals surface area contributed by atoms with Crippen LogP contribution in [-0.2, 0) is 0 Å². The van der Waals surface area contributed by atoms with Gasteiger partial charge in [0.15, 0.2) is 11.5 Å². The van der Waals surface area contributed by atoms with E-state index in [0.29, 0.717) is 0 Å². The second kappa shape index (κ2) is 5.64. The predicted octanol–water partition coefficient (Wildman–Crippen LogP) is 2.98. The Morgan fingerprint density at radius 3 is 2.32 bits per heavy atom. The Bertz CT molecular complexity index is 506. The van der Waals surface area contributed by atoms with Crippen molar-refractivity contribution >= 4 is 12.0 Å². The van der Waals surface area contributed by atoms with E-state index in [4.69, 9.17) is 14.6 Å². The lowest BCUT2D eigenvalue weighted by molar-refractivity contribution is -0.0790. The van der Waals surface area contributed by atoms with Gasteiger partial charge in [0.2, 0.25) is 0 Å². The first-order valence-electron chi connectivity index (χ1n) is 5.03. The number of methoxy groups -OCH3 is 2. The summed E-state index contributed by atoms with van der Waals surface area (Å²) in [5, 5.41) is 8.88. The second-order valence-corrected chi connectivity index (χ2v) is 3.48. The maximum Gasteiger partial charge on any atom is 0.409 e. The van der Waals surface area contributed by atoms with Gasteiger partial charge >= 0.3 is 12.1 Å². The SMILES string of the molecule is COc1cc(C(=O)O)cc(/C=C/C(F)(F)F)c1OC. The van der Waals surface area contributed by atoms with E-state index in [-0.39, 0.29) is 28.7 Å². The van der Waals surface area contributed by atoms with Crippen molar-refractivity contribution in [3.8, 4) is 11.5 Å². The van der Waals surface area contributed by atoms with Gasteiger partial charge in [-0.3, -0.25) is 0 Å². The van der Waals surface area contributed by atoms with Gasteiger partial charge in [0.25, 0.3) is 0 Å². The molecule has 0 bridgehead atoms. The summed E-state index contributed by atoms with van der Waals surface area (Å²) in [5.74, 6) is -1.19. The van der Waals surface area contributed by atoms with Crippen molar-refractivity contribution in [2.75, 3.05) is 14.2 Å². The van der Waals surface area contributed by atoms with Crippen LogP contribution in [0.15, 0.2) is 18.2 Å². The molecule has 0 fully saturated rings. The van der Waals surface area contributed by atoms with Crippen molar-refractivity contribution in [3.63, 3.8) is 0 Å². The first-order chi connectivity index (χ1) is 8.78. The topological polar surface area (TPSA) is 55.8 Å². The minimum atomic E-state index is -4.50. The summed E-state index contributed by atoms with van der Waals surface area (Å²) in [6, 6.07) is 2.25. The summed E-state index contributed by atoms with van der Waals surface area (Å²) in [5.41, 5.74) is -0.226. The molecule has 0 aliphatic rings. The Morgan fingerprint density at radius 1 is 1.26 bits per heavy atom. The normalized spacial score (nSPS) is 11.6. The minimum Gasteiger partial charge on any atom is -0.493 e. The molecule has 0 aliphatic carbocycles. The van der Waals surface area contributed by atoms with Crippen LogP contribution < -0.4 is 9.47 Å². The quantitative estimate of drug-likeness (QED) is 0.918. The molecule has 0 aliphatic heterocycles. The molecule has 0 spiro atoms. The molecular weight excluding hydrogens is 265 g/mol. The van der Waals surface area contributed by atoms with Gasteiger partial charge in [0.05, 0.1) is 19.8 Å². The molecule has 19 heavy (non-hydrogen) atoms. The Labute approximate surface area is 107 Å². The number of aromatic carboxylic acids is 1. The van der Waals surface area contributed by atoms with E-state index < -0.39 is 12.1 Å². The molecule has 1 N–H and O–H groups in total. The number of allylic oxidation sites excluding steroid dienone is 1. The number of rotatable bonds is 4. The Hall–Kier alpha value is -2.18. The Kier molecular flexibility index (Phi) is 4.42. The highest BCUT2D eigenvalue weighted by Crippen LogP contribution is 2.34. The summed E-state index contributed by atoms with van der Waals surface area (Å²) in [6.45, 7) is 0. The lowest BCUT2D eigenvalue weighted by Gasteiger charge is -2.12. The zero-order valence-corrected chi connectivity index (χ0v) is 10.1. The Balaban J connectivity index is 3.38. The molecule has 1 rings (SSSR count). The lowest BCUT2D eigenvalue weighted by atomic mass is 10.1. The van der Waals surface area contributed by atoms with Crippen LogP contribution in [0, 0.1) is 0 Å². The number of hydrogen-bond acceptors (Lipinski definition) is 3. The Morgan fingerprint density at radius 2 is 1.89 bits per heavy atom. The van der Waals surface area contributed by atoms with Crippen molar-refractivity contribution in [3.05, 3.63) is 29.3 Å². The van der Waals surface area contributed by atoms with E-state index in [1.165, 1.54) is 20.3 Å². The fourth-order valence-corrected chi connectivity index (χ4v) is 1.43. The van der Waals surface area contributed by atoms with Gasteiger partial charge in [0.1, 0.15) is 0 Å². The first kappa shape index (κ1) is 14.9. The van der Waals surface area contributed by atoms with Crippen molar-refractivity contribution in [1.29, 1.82) is 0 Å². The molecule has 104 valence electrons. The second-order valence-electron chi connectivity index (χ2n) is 3.48. The number of alkyl halides is 3. The van der Waals surface area contributed by atoms with Crippen molar-refractivity contribution < 1.29 is 32.5 Å². The molecule has 4 nitrogen and oxygen atoms in total. The van der Waals surface area contributed by atoms with E-state index >= 15 is 0 Å². The third-order valence-corrected chi connectivity index (χ3v) is 2.21. The maximum atomic E-state index is 12.1. The number of halogens is 3. The average molecular weight is 276 g/mol. The van der Waals surface area contributed by atoms with E-state index in [2.05, 4.69) is 0 Å². The van der Waals surface area contributed by atoms with Gasteiger partial charge in [-0.15, -0.1) is 0 Å². The molecule has 7 heteroatoms. The summed E-state index contributed by atoms with van der Waals surface area (Å²) in [7, 11) is 2.52. The van der Waals surface area contributed by atoms with Gasteiger partial charge in [-0.05, 0) is 18.2 Å². The first-order valence-corrected chi connectivity index (χ1v) is 5.03. The summed E-state index contributed by atoms with van der Waals surface area (Å²) in [6.07, 6.45) is -3.78. The highest BCUT2D eigenvalue weighted by molar-refractivity contribution is 5.90. The van der Waals surface area contributed by atoms with Gasteiger partial charge in [-0.1, -0.05) is 0 Å². The third kappa shape index (κ3) is 3.90. The molecule has 0 aromatic heterocycles. The molecular formula is C12H11F3O4. The zero-order chi connectivity index (χ0) is 14.6. The number of benzene rings is 1. The van der Waals surface area contributed by atoms with E-state index in [1.807, 2.05) is 0 Å². The summed E-state index contributed by atoms with van der Waals surface area (Å²) >= 11 is 0. The smallest absolute Gasteiger partial charge is 0.409 e. The van der Waals surface area contributed by atoms with Gasteiger partial charge in [-0.25, -0.2) is 4.79 Å². The maximum absolute atomic E-state index is 12.1. The van der Waals surface area contributed by atoms with Crippen molar-refractivity contribution in [2.24, 2.45) is 0 Å². The lowest BCUT2D eigenvalue weighted by Crippen LogP contribution is -2.03. The van der Waals surface area contributed by atoms with Crippen LogP contribution in [0.5, 0.6) is 11.5 Å². The van der Waals surface area contributed by atoms with E-state index in [0.717, 1.165) is 12.1 Å². The molecule has 0 saturated heterocycles. The highest BCUT2D eigenvalue weighted by Gasteiger charge is 2.23. The molecule has 0 amide bonds. The number of carbonyl (C=O) groups is 1. The van der Waals surface area contributed by atoms with Crippen LogP contribution >= 0.6 is 0 Å². The van der Waals surface area contributed by atoms with Gasteiger partial charge < -0.3 is 14.6 Å². The monoisotopic (exact) mass is 276 g/mol. The van der Waals surface area contributed by atoms with Crippen LogP contribution in [0.3, 0.4) is 0 Å². The van der Waals surface area contributed by atoms with Crippen LogP contribution in [0.1, 0.15) is 15.9 Å². The number of ether oxygens (including phenoxy) is 2. The molecule has 0 heterocycles. The fraction of sp³-hybridized carbons (Fsp3) is 0.250. The van der Waals surface area contributed by atoms with Crippen LogP contribution in [0.4, 0.5) is 13.2 Å².